The monoisotopic (exact) mass is 536 g/mol. The van der Waals surface area contributed by atoms with Gasteiger partial charge >= 0.3 is 0 Å². The number of anilines is 1. The summed E-state index contributed by atoms with van der Waals surface area (Å²) in [6.45, 7) is 0.335. The van der Waals surface area contributed by atoms with E-state index in [4.69, 9.17) is 4.74 Å². The molecule has 1 aliphatic carbocycles. The molecule has 1 aromatic carbocycles. The van der Waals surface area contributed by atoms with Gasteiger partial charge in [0.05, 0.1) is 18.8 Å². The van der Waals surface area contributed by atoms with E-state index in [2.05, 4.69) is 49.1 Å². The van der Waals surface area contributed by atoms with Gasteiger partial charge < -0.3 is 30.5 Å². The van der Waals surface area contributed by atoms with Gasteiger partial charge in [-0.15, -0.1) is 0 Å². The van der Waals surface area contributed by atoms with Gasteiger partial charge in [0.1, 0.15) is 18.3 Å². The molecular weight excluding hydrogens is 508 g/mol. The van der Waals surface area contributed by atoms with Gasteiger partial charge in [-0.2, -0.15) is 0 Å². The Labute approximate surface area is 188 Å². The van der Waals surface area contributed by atoms with Crippen LogP contribution in [0.4, 0.5) is 5.69 Å². The van der Waals surface area contributed by atoms with Crippen molar-refractivity contribution >= 4 is 37.5 Å². The van der Waals surface area contributed by atoms with Gasteiger partial charge in [-0.25, -0.2) is 0 Å². The molecule has 164 valence electrons. The smallest absolute Gasteiger partial charge is 0.212 e. The fourth-order valence-electron chi connectivity index (χ4n) is 4.13. The van der Waals surface area contributed by atoms with Crippen LogP contribution in [-0.2, 0) is 11.3 Å². The van der Waals surface area contributed by atoms with Crippen molar-refractivity contribution in [1.29, 1.82) is 0 Å². The van der Waals surface area contributed by atoms with E-state index in [9.17, 15) is 20.4 Å². The molecule has 1 saturated heterocycles. The van der Waals surface area contributed by atoms with Crippen LogP contribution < -0.4 is 5.32 Å². The highest BCUT2D eigenvalue weighted by Crippen LogP contribution is 2.34. The Hall–Kier alpha value is -0.260. The number of ether oxygens (including phenoxy) is 1. The van der Waals surface area contributed by atoms with Crippen molar-refractivity contribution in [2.24, 2.45) is 0 Å². The van der Waals surface area contributed by atoms with Crippen LogP contribution in [0.1, 0.15) is 37.7 Å². The summed E-state index contributed by atoms with van der Waals surface area (Å²) in [4.78, 5) is 2.36. The maximum atomic E-state index is 10.7. The molecule has 2 aliphatic rings. The average Bonchev–Trinajstić information content (AvgIpc) is 2.69. The Balaban J connectivity index is 1.74. The van der Waals surface area contributed by atoms with Crippen LogP contribution in [0.15, 0.2) is 21.1 Å². The van der Waals surface area contributed by atoms with Crippen LogP contribution in [-0.4, -0.2) is 75.7 Å². The van der Waals surface area contributed by atoms with E-state index >= 15 is 0 Å². The Morgan fingerprint density at radius 2 is 1.86 bits per heavy atom. The highest BCUT2D eigenvalue weighted by molar-refractivity contribution is 9.11. The SMILES string of the molecule is CN(Cc1cc(Br)cc(Br)c1NCC1(O)OC[C@@H](O)[C@H](O)[C@@H]1O)C1CCCCC1. The number of rotatable bonds is 6. The first-order chi connectivity index (χ1) is 13.7. The summed E-state index contributed by atoms with van der Waals surface area (Å²) in [7, 11) is 2.13. The van der Waals surface area contributed by atoms with Crippen molar-refractivity contribution in [2.45, 2.75) is 68.8 Å². The first-order valence-electron chi connectivity index (χ1n) is 10.0. The third-order valence-corrected chi connectivity index (χ3v) is 7.04. The summed E-state index contributed by atoms with van der Waals surface area (Å²) in [6, 6.07) is 4.50. The zero-order valence-electron chi connectivity index (χ0n) is 16.5. The summed E-state index contributed by atoms with van der Waals surface area (Å²) >= 11 is 7.12. The third kappa shape index (κ3) is 5.51. The fraction of sp³-hybridized carbons (Fsp3) is 0.700. The summed E-state index contributed by atoms with van der Waals surface area (Å²) < 4.78 is 7.01. The fourth-order valence-corrected chi connectivity index (χ4v) is 5.58. The zero-order chi connectivity index (χ0) is 21.2. The second-order valence-electron chi connectivity index (χ2n) is 8.14. The molecule has 1 heterocycles. The van der Waals surface area contributed by atoms with E-state index in [0.717, 1.165) is 26.7 Å². The van der Waals surface area contributed by atoms with Crippen molar-refractivity contribution in [3.63, 3.8) is 0 Å². The minimum atomic E-state index is -2.00. The molecule has 7 nitrogen and oxygen atoms in total. The van der Waals surface area contributed by atoms with Crippen LogP contribution in [0, 0.1) is 0 Å². The van der Waals surface area contributed by atoms with E-state index in [-0.39, 0.29) is 13.2 Å². The lowest BCUT2D eigenvalue weighted by atomic mass is 9.94. The molecule has 1 saturated carbocycles. The second-order valence-corrected chi connectivity index (χ2v) is 9.91. The Bertz CT molecular complexity index is 704. The molecule has 0 bridgehead atoms. The lowest BCUT2D eigenvalue weighted by Gasteiger charge is -2.42. The number of benzene rings is 1. The standard InChI is InChI=1S/C20H30Br2N2O5/c1-24(14-5-3-2-4-6-14)9-12-7-13(21)8-15(22)17(12)23-11-20(28)19(27)18(26)16(25)10-29-20/h7-8,14,16,18-19,23,25-28H,2-6,9-11H2,1H3/t16-,18+,19+,20?/m1/s1. The maximum Gasteiger partial charge on any atom is 0.212 e. The van der Waals surface area contributed by atoms with Gasteiger partial charge in [0.15, 0.2) is 0 Å². The van der Waals surface area contributed by atoms with Gasteiger partial charge in [0, 0.05) is 21.5 Å². The van der Waals surface area contributed by atoms with Crippen LogP contribution in [0.25, 0.3) is 0 Å². The third-order valence-electron chi connectivity index (χ3n) is 5.96. The molecule has 4 atom stereocenters. The number of nitrogens with one attached hydrogen (secondary N) is 1. The van der Waals surface area contributed by atoms with Crippen molar-refractivity contribution in [1.82, 2.24) is 4.90 Å². The molecule has 1 aliphatic heterocycles. The number of halogens is 2. The van der Waals surface area contributed by atoms with Gasteiger partial charge in [-0.3, -0.25) is 4.90 Å². The van der Waals surface area contributed by atoms with E-state index in [1.807, 2.05) is 12.1 Å². The van der Waals surface area contributed by atoms with Crippen LogP contribution >= 0.6 is 31.9 Å². The maximum absolute atomic E-state index is 10.7. The van der Waals surface area contributed by atoms with Gasteiger partial charge in [0.25, 0.3) is 0 Å². The Kier molecular flexibility index (Phi) is 8.00. The highest BCUT2D eigenvalue weighted by Gasteiger charge is 2.48. The van der Waals surface area contributed by atoms with E-state index in [1.54, 1.807) is 0 Å². The lowest BCUT2D eigenvalue weighted by Crippen LogP contribution is -2.63. The molecule has 0 amide bonds. The molecule has 9 heteroatoms. The van der Waals surface area contributed by atoms with E-state index in [0.29, 0.717) is 6.04 Å². The molecule has 5 N–H and O–H groups in total. The van der Waals surface area contributed by atoms with Crippen molar-refractivity contribution in [3.05, 3.63) is 26.6 Å². The first-order valence-corrected chi connectivity index (χ1v) is 11.6. The molecule has 0 radical (unpaired) electrons. The predicted molar refractivity (Wildman–Crippen MR) is 118 cm³/mol. The Morgan fingerprint density at radius 1 is 1.17 bits per heavy atom. The summed E-state index contributed by atoms with van der Waals surface area (Å²) in [5.41, 5.74) is 1.83. The molecule has 0 aromatic heterocycles. The quantitative estimate of drug-likeness (QED) is 0.379. The van der Waals surface area contributed by atoms with Crippen LogP contribution in [0.2, 0.25) is 0 Å². The highest BCUT2D eigenvalue weighted by atomic mass is 79.9. The predicted octanol–water partition coefficient (Wildman–Crippen LogP) is 2.19. The van der Waals surface area contributed by atoms with Gasteiger partial charge in [0.2, 0.25) is 5.79 Å². The summed E-state index contributed by atoms with van der Waals surface area (Å²) in [5, 5.41) is 43.6. The molecule has 0 spiro atoms. The van der Waals surface area contributed by atoms with Gasteiger partial charge in [-0.1, -0.05) is 35.2 Å². The second kappa shape index (κ2) is 9.91. The molecule has 3 rings (SSSR count). The Morgan fingerprint density at radius 3 is 2.55 bits per heavy atom. The normalized spacial score (nSPS) is 31.2. The average molecular weight is 538 g/mol. The first kappa shape index (κ1) is 23.4. The van der Waals surface area contributed by atoms with Gasteiger partial charge in [-0.05, 0) is 53.5 Å². The van der Waals surface area contributed by atoms with E-state index in [1.165, 1.54) is 32.1 Å². The number of hydrogen-bond acceptors (Lipinski definition) is 7. The zero-order valence-corrected chi connectivity index (χ0v) is 19.7. The summed E-state index contributed by atoms with van der Waals surface area (Å²) in [6.07, 6.45) is 1.91. The summed E-state index contributed by atoms with van der Waals surface area (Å²) in [5.74, 6) is -2.00. The molecule has 2 fully saturated rings. The van der Waals surface area contributed by atoms with Crippen molar-refractivity contribution in [3.8, 4) is 0 Å². The topological polar surface area (TPSA) is 105 Å². The number of aliphatic hydroxyl groups excluding tert-OH is 3. The molecular formula is C20H30Br2N2O5. The largest absolute Gasteiger partial charge is 0.388 e. The van der Waals surface area contributed by atoms with Crippen molar-refractivity contribution < 1.29 is 25.2 Å². The number of nitrogens with zero attached hydrogens (tertiary/aromatic N) is 1. The number of aliphatic hydroxyl groups is 4. The lowest BCUT2D eigenvalue weighted by molar-refractivity contribution is -0.313. The molecule has 29 heavy (non-hydrogen) atoms. The van der Waals surface area contributed by atoms with Crippen molar-refractivity contribution in [2.75, 3.05) is 25.5 Å². The minimum absolute atomic E-state index is 0.141. The van der Waals surface area contributed by atoms with Crippen LogP contribution in [0.3, 0.4) is 0 Å². The molecule has 1 unspecified atom stereocenters. The molecule has 1 aromatic rings. The minimum Gasteiger partial charge on any atom is -0.388 e. The number of hydrogen-bond donors (Lipinski definition) is 5. The van der Waals surface area contributed by atoms with Crippen LogP contribution in [0.5, 0.6) is 0 Å². The van der Waals surface area contributed by atoms with E-state index < -0.39 is 24.1 Å².